The molecule has 0 heterocycles. The van der Waals surface area contributed by atoms with Crippen molar-refractivity contribution >= 4 is 30.5 Å². The van der Waals surface area contributed by atoms with E-state index in [4.69, 9.17) is 11.2 Å². The van der Waals surface area contributed by atoms with E-state index in [-0.39, 0.29) is 18.2 Å². The maximum Gasteiger partial charge on any atom is 0.408 e. The summed E-state index contributed by atoms with van der Waals surface area (Å²) in [5.41, 5.74) is -0.0474. The quantitative estimate of drug-likeness (QED) is 0.307. The first-order valence-electron chi connectivity index (χ1n) is 10.6. The van der Waals surface area contributed by atoms with Gasteiger partial charge in [-0.3, -0.25) is 9.59 Å². The first-order valence-corrected chi connectivity index (χ1v) is 11.3. The molecular weight excluding hydrogens is 438 g/mol. The molecule has 2 N–H and O–H groups in total. The molecule has 2 atom stereocenters. The number of carbonyl (C=O) groups is 3. The van der Waals surface area contributed by atoms with Crippen LogP contribution in [0.1, 0.15) is 58.7 Å². The Bertz CT molecular complexity index is 892. The van der Waals surface area contributed by atoms with Crippen molar-refractivity contribution in [3.63, 3.8) is 0 Å². The lowest BCUT2D eigenvalue weighted by molar-refractivity contribution is -0.142. The van der Waals surface area contributed by atoms with Crippen molar-refractivity contribution in [1.82, 2.24) is 15.5 Å². The number of thiol groups is 1. The Labute approximate surface area is 202 Å². The van der Waals surface area contributed by atoms with E-state index in [2.05, 4.69) is 35.8 Å². The first kappa shape index (κ1) is 28.1. The molecule has 0 aliphatic heterocycles. The second kappa shape index (κ2) is 11.8. The number of hydrogen-bond donors (Lipinski definition) is 3. The molecule has 0 aliphatic carbocycles. The molecule has 3 amide bonds. The third-order valence-corrected chi connectivity index (χ3v) is 4.60. The van der Waals surface area contributed by atoms with Gasteiger partial charge in [-0.05, 0) is 59.2 Å². The molecule has 33 heavy (non-hydrogen) atoms. The second-order valence-electron chi connectivity index (χ2n) is 9.57. The Hall–Kier alpha value is -2.92. The molecular formula is C25H35N3O4S. The summed E-state index contributed by atoms with van der Waals surface area (Å²) in [6, 6.07) is 4.84. The van der Waals surface area contributed by atoms with Gasteiger partial charge in [0.05, 0.1) is 0 Å². The maximum atomic E-state index is 13.5. The van der Waals surface area contributed by atoms with E-state index >= 15 is 0 Å². The molecule has 1 rings (SSSR count). The molecule has 8 heteroatoms. The summed E-state index contributed by atoms with van der Waals surface area (Å²) >= 11 is 4.24. The van der Waals surface area contributed by atoms with E-state index in [9.17, 15) is 14.4 Å². The predicted octanol–water partition coefficient (Wildman–Crippen LogP) is 3.46. The number of amides is 3. The topological polar surface area (TPSA) is 87.7 Å². The van der Waals surface area contributed by atoms with Gasteiger partial charge in [0.2, 0.25) is 11.8 Å². The van der Waals surface area contributed by atoms with Crippen molar-refractivity contribution in [2.45, 2.75) is 64.8 Å². The zero-order valence-corrected chi connectivity index (χ0v) is 21.2. The summed E-state index contributed by atoms with van der Waals surface area (Å²) in [6.07, 6.45) is 6.23. The molecule has 0 aliphatic rings. The zero-order valence-electron chi connectivity index (χ0n) is 20.3. The average Bonchev–Trinajstić information content (AvgIpc) is 2.69. The van der Waals surface area contributed by atoms with E-state index in [0.29, 0.717) is 11.1 Å². The van der Waals surface area contributed by atoms with Crippen LogP contribution in [-0.2, 0) is 14.3 Å². The van der Waals surface area contributed by atoms with Gasteiger partial charge in [-0.1, -0.05) is 24.1 Å². The molecule has 0 saturated carbocycles. The van der Waals surface area contributed by atoms with Gasteiger partial charge in [-0.25, -0.2) is 4.79 Å². The van der Waals surface area contributed by atoms with E-state index in [1.807, 2.05) is 20.8 Å². The van der Waals surface area contributed by atoms with E-state index in [1.54, 1.807) is 45.0 Å². The number of carbonyl (C=O) groups excluding carboxylic acids is 3. The van der Waals surface area contributed by atoms with E-state index < -0.39 is 35.2 Å². The average molecular weight is 474 g/mol. The molecule has 0 fully saturated rings. The molecule has 0 spiro atoms. The summed E-state index contributed by atoms with van der Waals surface area (Å²) in [4.78, 5) is 40.5. The monoisotopic (exact) mass is 473 g/mol. The van der Waals surface area contributed by atoms with Crippen LogP contribution in [0.3, 0.4) is 0 Å². The molecule has 0 radical (unpaired) electrons. The molecule has 2 unspecified atom stereocenters. The van der Waals surface area contributed by atoms with Gasteiger partial charge in [0.25, 0.3) is 0 Å². The minimum absolute atomic E-state index is 0.00929. The summed E-state index contributed by atoms with van der Waals surface area (Å²) in [5.74, 6) is 1.68. The van der Waals surface area contributed by atoms with Gasteiger partial charge in [0.15, 0.2) is 0 Å². The van der Waals surface area contributed by atoms with Gasteiger partial charge < -0.3 is 20.3 Å². The largest absolute Gasteiger partial charge is 0.444 e. The van der Waals surface area contributed by atoms with Crippen LogP contribution in [-0.4, -0.2) is 52.3 Å². The van der Waals surface area contributed by atoms with Crippen molar-refractivity contribution in [1.29, 1.82) is 0 Å². The van der Waals surface area contributed by atoms with Crippen molar-refractivity contribution < 1.29 is 19.1 Å². The van der Waals surface area contributed by atoms with Crippen molar-refractivity contribution in [2.75, 3.05) is 12.3 Å². The normalized spacial score (nSPS) is 13.2. The van der Waals surface area contributed by atoms with Crippen LogP contribution in [0.4, 0.5) is 4.79 Å². The Morgan fingerprint density at radius 3 is 2.18 bits per heavy atom. The Morgan fingerprint density at radius 2 is 1.76 bits per heavy atom. The fraction of sp³-hybridized carbons (Fsp3) is 0.480. The summed E-state index contributed by atoms with van der Waals surface area (Å²) in [6.45, 7) is 14.5. The van der Waals surface area contributed by atoms with Crippen LogP contribution in [0.15, 0.2) is 36.9 Å². The number of nitrogens with zero attached hydrogens (tertiary/aromatic N) is 1. The van der Waals surface area contributed by atoms with Gasteiger partial charge in [0, 0.05) is 23.4 Å². The zero-order chi connectivity index (χ0) is 25.4. The third kappa shape index (κ3) is 9.22. The smallest absolute Gasteiger partial charge is 0.408 e. The van der Waals surface area contributed by atoms with Crippen LogP contribution in [0.25, 0.3) is 0 Å². The van der Waals surface area contributed by atoms with Crippen LogP contribution in [0, 0.1) is 12.3 Å². The number of alkyl carbamates (subject to hydrolysis) is 1. The maximum absolute atomic E-state index is 13.5. The fourth-order valence-electron chi connectivity index (χ4n) is 2.97. The van der Waals surface area contributed by atoms with Gasteiger partial charge >= 0.3 is 6.09 Å². The summed E-state index contributed by atoms with van der Waals surface area (Å²) in [5, 5.41) is 5.48. The molecule has 0 bridgehead atoms. The number of ether oxygens (including phenoxy) is 1. The number of rotatable bonds is 8. The molecule has 7 nitrogen and oxygen atoms in total. The van der Waals surface area contributed by atoms with Gasteiger partial charge in [0.1, 0.15) is 17.7 Å². The van der Waals surface area contributed by atoms with Crippen molar-refractivity contribution in [3.8, 4) is 12.3 Å². The lowest BCUT2D eigenvalue weighted by Crippen LogP contribution is -2.55. The molecule has 180 valence electrons. The highest BCUT2D eigenvalue weighted by molar-refractivity contribution is 7.80. The highest BCUT2D eigenvalue weighted by atomic mass is 32.1. The van der Waals surface area contributed by atoms with Crippen LogP contribution in [0.2, 0.25) is 0 Å². The standard InChI is InChI=1S/C25H35N3O4S/c1-9-15-28(22(30)19(16-33)26-23(31)32-25(6,7)8)20(21(29)27-24(3,4)5)18-13-11-17(10-2)12-14-18/h2,9,11-14,19-20,33H,1,15-16H2,3-8H3,(H,26,31)(H,27,29). The number of terminal acetylenes is 1. The van der Waals surface area contributed by atoms with Gasteiger partial charge in [-0.15, -0.1) is 13.0 Å². The number of benzene rings is 1. The minimum Gasteiger partial charge on any atom is -0.444 e. The van der Waals surface area contributed by atoms with Gasteiger partial charge in [-0.2, -0.15) is 12.6 Å². The van der Waals surface area contributed by atoms with Crippen LogP contribution in [0.5, 0.6) is 0 Å². The third-order valence-electron chi connectivity index (χ3n) is 4.23. The molecule has 0 saturated heterocycles. The molecule has 1 aromatic carbocycles. The SMILES string of the molecule is C#Cc1ccc(C(C(=O)NC(C)(C)C)N(CC=C)C(=O)C(CS)NC(=O)OC(C)(C)C)cc1. The minimum atomic E-state index is -1.02. The Morgan fingerprint density at radius 1 is 1.18 bits per heavy atom. The highest BCUT2D eigenvalue weighted by Gasteiger charge is 2.36. The second-order valence-corrected chi connectivity index (χ2v) is 9.93. The summed E-state index contributed by atoms with van der Waals surface area (Å²) in [7, 11) is 0. The number of nitrogens with one attached hydrogen (secondary N) is 2. The van der Waals surface area contributed by atoms with Crippen LogP contribution < -0.4 is 10.6 Å². The Kier molecular flexibility index (Phi) is 10.1. The molecule has 0 aromatic heterocycles. The Balaban J connectivity index is 3.39. The lowest BCUT2D eigenvalue weighted by Gasteiger charge is -2.35. The first-order chi connectivity index (χ1) is 15.2. The van der Waals surface area contributed by atoms with Crippen LogP contribution >= 0.6 is 12.6 Å². The van der Waals surface area contributed by atoms with Crippen molar-refractivity contribution in [3.05, 3.63) is 48.0 Å². The predicted molar refractivity (Wildman–Crippen MR) is 134 cm³/mol. The van der Waals surface area contributed by atoms with Crippen molar-refractivity contribution in [2.24, 2.45) is 0 Å². The molecule has 1 aromatic rings. The highest BCUT2D eigenvalue weighted by Crippen LogP contribution is 2.24. The number of hydrogen-bond acceptors (Lipinski definition) is 5. The summed E-state index contributed by atoms with van der Waals surface area (Å²) < 4.78 is 5.27. The van der Waals surface area contributed by atoms with E-state index in [0.717, 1.165) is 0 Å². The van der Waals surface area contributed by atoms with E-state index in [1.165, 1.54) is 11.0 Å². The lowest BCUT2D eigenvalue weighted by atomic mass is 9.99. The fourth-order valence-corrected chi connectivity index (χ4v) is 3.22.